The zero-order valence-corrected chi connectivity index (χ0v) is 28.9. The van der Waals surface area contributed by atoms with Crippen LogP contribution in [-0.4, -0.2) is 67.3 Å². The molecular formula is C35H27BrF4N6O4S. The summed E-state index contributed by atoms with van der Waals surface area (Å²) in [6.45, 7) is -2.46. The summed E-state index contributed by atoms with van der Waals surface area (Å²) in [4.78, 5) is 8.91. The molecule has 0 unspecified atom stereocenters. The zero-order chi connectivity index (χ0) is 36.6. The molecule has 0 saturated heterocycles. The summed E-state index contributed by atoms with van der Waals surface area (Å²) in [5, 5.41) is 25.9. The van der Waals surface area contributed by atoms with Crippen LogP contribution in [0.4, 0.5) is 17.6 Å². The van der Waals surface area contributed by atoms with Gasteiger partial charge in [-0.15, -0.1) is 0 Å². The molecule has 0 amide bonds. The van der Waals surface area contributed by atoms with E-state index in [4.69, 9.17) is 10.2 Å². The number of halogens is 5. The van der Waals surface area contributed by atoms with Crippen molar-refractivity contribution in [2.45, 2.75) is 16.7 Å². The first-order valence-corrected chi connectivity index (χ1v) is 17.7. The fourth-order valence-corrected chi connectivity index (χ4v) is 6.15. The van der Waals surface area contributed by atoms with Gasteiger partial charge in [-0.25, -0.2) is 27.4 Å². The van der Waals surface area contributed by atoms with Crippen LogP contribution in [0, 0.1) is 0 Å². The van der Waals surface area contributed by atoms with Crippen molar-refractivity contribution in [1.29, 1.82) is 0 Å². The van der Waals surface area contributed by atoms with E-state index in [0.717, 1.165) is 21.9 Å². The molecule has 3 aromatic carbocycles. The minimum Gasteiger partial charge on any atom is -0.390 e. The van der Waals surface area contributed by atoms with Gasteiger partial charge in [0.1, 0.15) is 13.2 Å². The molecule has 262 valence electrons. The lowest BCUT2D eigenvalue weighted by Crippen LogP contribution is -2.18. The van der Waals surface area contributed by atoms with Crippen LogP contribution in [0.5, 0.6) is 0 Å². The van der Waals surface area contributed by atoms with Crippen LogP contribution in [0.1, 0.15) is 11.1 Å². The number of hydrogen-bond donors (Lipinski definition) is 2. The van der Waals surface area contributed by atoms with E-state index >= 15 is 0 Å². The van der Waals surface area contributed by atoms with Crippen LogP contribution >= 0.6 is 15.9 Å². The highest BCUT2D eigenvalue weighted by atomic mass is 79.9. The van der Waals surface area contributed by atoms with Gasteiger partial charge in [0.15, 0.2) is 21.1 Å². The summed E-state index contributed by atoms with van der Waals surface area (Å²) in [5.41, 5.74) is 4.91. The SMILES string of the molecule is CS(=O)(=O)c1cccc(-c2cnn3cc(-c4ccc(C(F)(F)CO)cc4)cnc23)c1.OCC(F)(F)c1ccc(-c2cnc3c(Br)cnn3c2)cc1. The van der Waals surface area contributed by atoms with Crippen LogP contribution in [0.3, 0.4) is 0 Å². The van der Waals surface area contributed by atoms with E-state index < -0.39 is 34.9 Å². The molecule has 7 rings (SSSR count). The Balaban J connectivity index is 0.000000187. The van der Waals surface area contributed by atoms with Crippen LogP contribution in [0.15, 0.2) is 119 Å². The molecule has 0 atom stereocenters. The maximum absolute atomic E-state index is 13.6. The Labute approximate surface area is 296 Å². The molecule has 0 aliphatic rings. The molecule has 0 bridgehead atoms. The first-order valence-electron chi connectivity index (χ1n) is 15.0. The average molecular weight is 784 g/mol. The lowest BCUT2D eigenvalue weighted by atomic mass is 10.0. The monoisotopic (exact) mass is 782 g/mol. The highest BCUT2D eigenvalue weighted by molar-refractivity contribution is 9.10. The van der Waals surface area contributed by atoms with E-state index in [-0.39, 0.29) is 16.0 Å². The molecule has 0 spiro atoms. The summed E-state index contributed by atoms with van der Waals surface area (Å²) in [7, 11) is -3.35. The van der Waals surface area contributed by atoms with Crippen molar-refractivity contribution < 1.29 is 36.2 Å². The predicted octanol–water partition coefficient (Wildman–Crippen LogP) is 6.79. The zero-order valence-electron chi connectivity index (χ0n) is 26.5. The van der Waals surface area contributed by atoms with E-state index in [9.17, 15) is 26.0 Å². The Morgan fingerprint density at radius 2 is 1.16 bits per heavy atom. The van der Waals surface area contributed by atoms with Gasteiger partial charge in [-0.2, -0.15) is 27.8 Å². The van der Waals surface area contributed by atoms with Crippen molar-refractivity contribution in [3.8, 4) is 33.4 Å². The molecule has 10 nitrogen and oxygen atoms in total. The molecule has 0 aliphatic carbocycles. The summed E-state index contributed by atoms with van der Waals surface area (Å²) in [5.74, 6) is -6.52. The van der Waals surface area contributed by atoms with Gasteiger partial charge in [0, 0.05) is 58.9 Å². The number of sulfone groups is 1. The van der Waals surface area contributed by atoms with Crippen molar-refractivity contribution in [2.24, 2.45) is 0 Å². The maximum Gasteiger partial charge on any atom is 0.295 e. The van der Waals surface area contributed by atoms with Gasteiger partial charge in [-0.1, -0.05) is 60.7 Å². The second kappa shape index (κ2) is 13.9. The first kappa shape index (κ1) is 35.8. The van der Waals surface area contributed by atoms with Crippen molar-refractivity contribution >= 4 is 37.1 Å². The largest absolute Gasteiger partial charge is 0.390 e. The first-order chi connectivity index (χ1) is 24.2. The third-order valence-electron chi connectivity index (χ3n) is 7.92. The van der Waals surface area contributed by atoms with E-state index in [1.54, 1.807) is 76.5 Å². The molecule has 51 heavy (non-hydrogen) atoms. The normalized spacial score (nSPS) is 12.2. The molecule has 4 heterocycles. The van der Waals surface area contributed by atoms with Gasteiger partial charge in [-0.3, -0.25) is 0 Å². The van der Waals surface area contributed by atoms with E-state index in [1.807, 2.05) is 0 Å². The number of aliphatic hydroxyl groups excluding tert-OH is 2. The molecule has 0 fully saturated rings. The van der Waals surface area contributed by atoms with Gasteiger partial charge in [-0.05, 0) is 44.8 Å². The minimum atomic E-state index is -3.35. The fraction of sp³-hybridized carbons (Fsp3) is 0.143. The standard InChI is InChI=1S/C21H17F2N3O3S.C14H10BrF2N3O/c1-30(28,29)18-4-2-3-15(9-18)19-11-25-26-12-16(10-24-20(19)26)14-5-7-17(8-6-14)21(22,23)13-27;15-12-6-19-20-7-10(5-18-13(12)20)9-1-3-11(4-2-9)14(16,17)8-21/h2-12,27H,13H2,1H3;1-7,21H,8H2. The Morgan fingerprint density at radius 3 is 1.67 bits per heavy atom. The van der Waals surface area contributed by atoms with E-state index in [1.165, 1.54) is 42.5 Å². The Bertz CT molecular complexity index is 2460. The highest BCUT2D eigenvalue weighted by Gasteiger charge is 2.31. The molecule has 0 radical (unpaired) electrons. The lowest BCUT2D eigenvalue weighted by Gasteiger charge is -2.13. The van der Waals surface area contributed by atoms with E-state index in [2.05, 4.69) is 36.1 Å². The number of rotatable bonds is 8. The number of fused-ring (bicyclic) bond motifs is 2. The summed E-state index contributed by atoms with van der Waals surface area (Å²) in [6.07, 6.45) is 11.1. The molecule has 7 aromatic rings. The molecule has 4 aromatic heterocycles. The second-order valence-electron chi connectivity index (χ2n) is 11.5. The van der Waals surface area contributed by atoms with Crippen LogP contribution in [0.25, 0.3) is 44.7 Å². The summed E-state index contributed by atoms with van der Waals surface area (Å²) < 4.78 is 81.5. The van der Waals surface area contributed by atoms with Crippen molar-refractivity contribution in [3.63, 3.8) is 0 Å². The Morgan fingerprint density at radius 1 is 0.667 bits per heavy atom. The van der Waals surface area contributed by atoms with Gasteiger partial charge in [0.05, 0.1) is 21.8 Å². The van der Waals surface area contributed by atoms with Gasteiger partial charge in [0.25, 0.3) is 11.8 Å². The maximum atomic E-state index is 13.6. The number of aliphatic hydroxyl groups is 2. The van der Waals surface area contributed by atoms with Crippen molar-refractivity contribution in [1.82, 2.24) is 29.2 Å². The topological polar surface area (TPSA) is 135 Å². The fourth-order valence-electron chi connectivity index (χ4n) is 5.11. The van der Waals surface area contributed by atoms with Crippen LogP contribution in [0.2, 0.25) is 0 Å². The Hall–Kier alpha value is -5.03. The number of aromatic nitrogens is 6. The molecule has 2 N–H and O–H groups in total. The third kappa shape index (κ3) is 7.54. The predicted molar refractivity (Wildman–Crippen MR) is 185 cm³/mol. The van der Waals surface area contributed by atoms with Crippen molar-refractivity contribution in [3.05, 3.63) is 126 Å². The quantitative estimate of drug-likeness (QED) is 0.161. The number of nitrogens with zero attached hydrogens (tertiary/aromatic N) is 6. The number of hydrogen-bond acceptors (Lipinski definition) is 8. The number of alkyl halides is 4. The molecule has 0 aliphatic heterocycles. The van der Waals surface area contributed by atoms with Gasteiger partial charge in [0.2, 0.25) is 0 Å². The summed E-state index contributed by atoms with van der Waals surface area (Å²) in [6, 6.07) is 17.9. The second-order valence-corrected chi connectivity index (χ2v) is 14.3. The lowest BCUT2D eigenvalue weighted by molar-refractivity contribution is -0.0558. The smallest absolute Gasteiger partial charge is 0.295 e. The minimum absolute atomic E-state index is 0.204. The number of benzene rings is 3. The van der Waals surface area contributed by atoms with Crippen molar-refractivity contribution in [2.75, 3.05) is 19.5 Å². The summed E-state index contributed by atoms with van der Waals surface area (Å²) >= 11 is 3.33. The van der Waals surface area contributed by atoms with E-state index in [0.29, 0.717) is 33.5 Å². The van der Waals surface area contributed by atoms with Gasteiger partial charge < -0.3 is 10.2 Å². The van der Waals surface area contributed by atoms with Gasteiger partial charge >= 0.3 is 0 Å². The third-order valence-corrected chi connectivity index (χ3v) is 9.59. The van der Waals surface area contributed by atoms with Crippen LogP contribution in [-0.2, 0) is 21.7 Å². The van der Waals surface area contributed by atoms with Crippen LogP contribution < -0.4 is 0 Å². The molecule has 16 heteroatoms. The average Bonchev–Trinajstić information content (AvgIpc) is 3.74. The highest BCUT2D eigenvalue weighted by Crippen LogP contribution is 2.32. The molecule has 0 saturated carbocycles. The Kier molecular flexibility index (Phi) is 9.78. The molecular weight excluding hydrogens is 756 g/mol.